The summed E-state index contributed by atoms with van der Waals surface area (Å²) < 4.78 is 27.1. The lowest BCUT2D eigenvalue weighted by Crippen LogP contribution is -2.38. The van der Waals surface area contributed by atoms with E-state index in [1.807, 2.05) is 6.07 Å². The van der Waals surface area contributed by atoms with Crippen molar-refractivity contribution in [3.05, 3.63) is 66.2 Å². The Morgan fingerprint density at radius 1 is 0.846 bits per heavy atom. The average Bonchev–Trinajstić information content (AvgIpc) is 3.48. The Morgan fingerprint density at radius 3 is 2.12 bits per heavy atom. The van der Waals surface area contributed by atoms with Crippen LogP contribution in [-0.4, -0.2) is 25.8 Å². The molecule has 2 aromatic rings. The average molecular weight is 370 g/mol. The molecule has 2 aliphatic rings. The first-order chi connectivity index (χ1) is 12.6. The molecule has 0 spiro atoms. The lowest BCUT2D eigenvalue weighted by molar-refractivity contribution is 0.257. The fourth-order valence-corrected chi connectivity index (χ4v) is 5.80. The third kappa shape index (κ3) is 3.86. The maximum Gasteiger partial charge on any atom is 0.243 e. The van der Waals surface area contributed by atoms with Crippen LogP contribution in [0, 0.1) is 11.8 Å². The monoisotopic (exact) mass is 369 g/mol. The highest BCUT2D eigenvalue weighted by molar-refractivity contribution is 7.89. The van der Waals surface area contributed by atoms with Crippen LogP contribution in [0.5, 0.6) is 0 Å². The molecule has 2 aromatic carbocycles. The van der Waals surface area contributed by atoms with E-state index in [-0.39, 0.29) is 0 Å². The molecule has 4 rings (SSSR count). The number of hydrogen-bond acceptors (Lipinski definition) is 2. The second-order valence-corrected chi connectivity index (χ2v) is 9.69. The van der Waals surface area contributed by atoms with Gasteiger partial charge in [-0.3, -0.25) is 0 Å². The van der Waals surface area contributed by atoms with Gasteiger partial charge in [0.1, 0.15) is 0 Å². The van der Waals surface area contributed by atoms with Gasteiger partial charge in [0, 0.05) is 13.1 Å². The van der Waals surface area contributed by atoms with Gasteiger partial charge in [-0.2, -0.15) is 4.31 Å². The number of piperidine rings is 1. The molecule has 0 amide bonds. The zero-order valence-electron chi connectivity index (χ0n) is 15.1. The summed E-state index contributed by atoms with van der Waals surface area (Å²) >= 11 is 0. The molecule has 138 valence electrons. The van der Waals surface area contributed by atoms with E-state index in [1.165, 1.54) is 24.8 Å². The fourth-order valence-electron chi connectivity index (χ4n) is 4.30. The Labute approximate surface area is 157 Å². The fraction of sp³-hybridized carbons (Fsp3) is 0.455. The largest absolute Gasteiger partial charge is 0.243 e. The van der Waals surface area contributed by atoms with Crippen LogP contribution < -0.4 is 0 Å². The van der Waals surface area contributed by atoms with Crippen LogP contribution in [0.15, 0.2) is 65.6 Å². The Bertz CT molecular complexity index is 812. The van der Waals surface area contributed by atoms with Crippen LogP contribution in [0.1, 0.15) is 43.6 Å². The van der Waals surface area contributed by atoms with Gasteiger partial charge in [0.15, 0.2) is 0 Å². The number of sulfonamides is 1. The lowest BCUT2D eigenvalue weighted by Gasteiger charge is -2.31. The molecule has 1 unspecified atom stereocenters. The van der Waals surface area contributed by atoms with Crippen molar-refractivity contribution < 1.29 is 8.42 Å². The standard InChI is InChI=1S/C22H27NO2S/c24-26(25,21-9-5-2-6-10-21)23-15-13-18(14-16-23)11-12-20-17-22(20)19-7-3-1-4-8-19/h1-10,18,20,22H,11-17H2/t20-,22?/m0/s1. The predicted molar refractivity (Wildman–Crippen MR) is 104 cm³/mol. The minimum Gasteiger partial charge on any atom is -0.207 e. The van der Waals surface area contributed by atoms with Gasteiger partial charge in [-0.1, -0.05) is 55.0 Å². The van der Waals surface area contributed by atoms with Crippen LogP contribution in [0.4, 0.5) is 0 Å². The van der Waals surface area contributed by atoms with E-state index in [0.29, 0.717) is 23.9 Å². The lowest BCUT2D eigenvalue weighted by atomic mass is 9.91. The topological polar surface area (TPSA) is 37.4 Å². The van der Waals surface area contributed by atoms with Crippen molar-refractivity contribution in [1.82, 2.24) is 4.31 Å². The van der Waals surface area contributed by atoms with Crippen LogP contribution in [-0.2, 0) is 10.0 Å². The molecule has 0 radical (unpaired) electrons. The second kappa shape index (κ2) is 7.53. The second-order valence-electron chi connectivity index (χ2n) is 7.75. The van der Waals surface area contributed by atoms with Gasteiger partial charge in [0.05, 0.1) is 4.90 Å². The molecule has 26 heavy (non-hydrogen) atoms. The van der Waals surface area contributed by atoms with E-state index in [4.69, 9.17) is 0 Å². The first-order valence-corrected chi connectivity index (χ1v) is 11.2. The van der Waals surface area contributed by atoms with Gasteiger partial charge in [0.25, 0.3) is 0 Å². The molecule has 1 aliphatic heterocycles. The Kier molecular flexibility index (Phi) is 5.14. The third-order valence-electron chi connectivity index (χ3n) is 6.05. The highest BCUT2D eigenvalue weighted by atomic mass is 32.2. The zero-order chi connectivity index (χ0) is 18.0. The summed E-state index contributed by atoms with van der Waals surface area (Å²) in [6, 6.07) is 19.7. The summed E-state index contributed by atoms with van der Waals surface area (Å²) in [6.07, 6.45) is 5.84. The molecule has 0 bridgehead atoms. The number of hydrogen-bond donors (Lipinski definition) is 0. The van der Waals surface area contributed by atoms with E-state index >= 15 is 0 Å². The van der Waals surface area contributed by atoms with Crippen molar-refractivity contribution >= 4 is 10.0 Å². The highest BCUT2D eigenvalue weighted by Crippen LogP contribution is 2.50. The Balaban J connectivity index is 1.25. The summed E-state index contributed by atoms with van der Waals surface area (Å²) in [5.41, 5.74) is 1.49. The maximum atomic E-state index is 12.7. The van der Waals surface area contributed by atoms with Gasteiger partial charge in [-0.05, 0) is 61.1 Å². The van der Waals surface area contributed by atoms with Gasteiger partial charge in [0.2, 0.25) is 10.0 Å². The minimum absolute atomic E-state index is 0.419. The molecule has 1 heterocycles. The molecular weight excluding hydrogens is 342 g/mol. The summed E-state index contributed by atoms with van der Waals surface area (Å²) in [6.45, 7) is 1.32. The molecule has 4 heteroatoms. The molecule has 3 nitrogen and oxygen atoms in total. The summed E-state index contributed by atoms with van der Waals surface area (Å²) in [7, 11) is -3.32. The molecule has 1 saturated heterocycles. The van der Waals surface area contributed by atoms with Crippen molar-refractivity contribution in [1.29, 1.82) is 0 Å². The van der Waals surface area contributed by atoms with Crippen LogP contribution in [0.3, 0.4) is 0 Å². The summed E-state index contributed by atoms with van der Waals surface area (Å²) in [5, 5.41) is 0. The van der Waals surface area contributed by atoms with E-state index in [1.54, 1.807) is 28.6 Å². The third-order valence-corrected chi connectivity index (χ3v) is 7.96. The zero-order valence-corrected chi connectivity index (χ0v) is 15.9. The molecular formula is C22H27NO2S. The smallest absolute Gasteiger partial charge is 0.207 e. The van der Waals surface area contributed by atoms with E-state index in [0.717, 1.165) is 24.7 Å². The SMILES string of the molecule is O=S(=O)(c1ccccc1)N1CCC(CC[C@H]2CC2c2ccccc2)CC1. The number of benzene rings is 2. The van der Waals surface area contributed by atoms with E-state index in [9.17, 15) is 8.42 Å². The van der Waals surface area contributed by atoms with Gasteiger partial charge in [-0.15, -0.1) is 0 Å². The van der Waals surface area contributed by atoms with Crippen molar-refractivity contribution in [2.45, 2.75) is 42.9 Å². The van der Waals surface area contributed by atoms with Crippen molar-refractivity contribution in [2.24, 2.45) is 11.8 Å². The maximum absolute atomic E-state index is 12.7. The van der Waals surface area contributed by atoms with Crippen LogP contribution >= 0.6 is 0 Å². The molecule has 1 saturated carbocycles. The van der Waals surface area contributed by atoms with Gasteiger partial charge >= 0.3 is 0 Å². The predicted octanol–water partition coefficient (Wildman–Crippen LogP) is 4.67. The van der Waals surface area contributed by atoms with E-state index in [2.05, 4.69) is 30.3 Å². The molecule has 1 aliphatic carbocycles. The first-order valence-electron chi connectivity index (χ1n) is 9.75. The molecule has 2 fully saturated rings. The first kappa shape index (κ1) is 17.7. The number of nitrogens with zero attached hydrogens (tertiary/aromatic N) is 1. The normalized spacial score (nSPS) is 24.5. The Morgan fingerprint density at radius 2 is 1.46 bits per heavy atom. The summed E-state index contributed by atoms with van der Waals surface area (Å²) in [4.78, 5) is 0.419. The van der Waals surface area contributed by atoms with Crippen molar-refractivity contribution in [3.63, 3.8) is 0 Å². The minimum atomic E-state index is -3.32. The highest BCUT2D eigenvalue weighted by Gasteiger charge is 2.38. The van der Waals surface area contributed by atoms with Crippen LogP contribution in [0.25, 0.3) is 0 Å². The van der Waals surface area contributed by atoms with Crippen molar-refractivity contribution in [3.8, 4) is 0 Å². The van der Waals surface area contributed by atoms with Crippen LogP contribution in [0.2, 0.25) is 0 Å². The molecule has 2 atom stereocenters. The van der Waals surface area contributed by atoms with Gasteiger partial charge in [-0.25, -0.2) is 8.42 Å². The Hall–Kier alpha value is -1.65. The quantitative estimate of drug-likeness (QED) is 0.742. The molecule has 0 N–H and O–H groups in total. The summed E-state index contributed by atoms with van der Waals surface area (Å²) in [5.74, 6) is 2.27. The number of rotatable bonds is 6. The van der Waals surface area contributed by atoms with E-state index < -0.39 is 10.0 Å². The van der Waals surface area contributed by atoms with Gasteiger partial charge < -0.3 is 0 Å². The van der Waals surface area contributed by atoms with Crippen molar-refractivity contribution in [2.75, 3.05) is 13.1 Å². The molecule has 0 aromatic heterocycles.